The average molecular weight is 427 g/mol. The molecular weight excluding hydrogens is 403 g/mol. The molecule has 0 aromatic heterocycles. The minimum atomic E-state index is -0.470. The number of hydrogen-bond acceptors (Lipinski definition) is 4. The van der Waals surface area contributed by atoms with Gasteiger partial charge in [0.25, 0.3) is 0 Å². The van der Waals surface area contributed by atoms with E-state index in [1.165, 1.54) is 0 Å². The predicted molar refractivity (Wildman–Crippen MR) is 109 cm³/mol. The summed E-state index contributed by atoms with van der Waals surface area (Å²) in [5, 5.41) is 8.81. The standard InChI is InChI=1S/C19H24Cl2N4O3/c20-12-7-8-14(21)15(10-12)23-18(27)16-6-3-9-25(16)11-17(26)24-19(28)22-13-4-1-2-5-13/h7-8,10,13,16H,1-6,9,11H2,(H,23,27)(H2,22,24,26,28). The van der Waals surface area contributed by atoms with Crippen molar-refractivity contribution in [3.63, 3.8) is 0 Å². The minimum absolute atomic E-state index is 0.0144. The van der Waals surface area contributed by atoms with Gasteiger partial charge in [0, 0.05) is 11.1 Å². The van der Waals surface area contributed by atoms with E-state index in [2.05, 4.69) is 16.0 Å². The summed E-state index contributed by atoms with van der Waals surface area (Å²) >= 11 is 12.1. The van der Waals surface area contributed by atoms with Crippen LogP contribution in [0.4, 0.5) is 10.5 Å². The quantitative estimate of drug-likeness (QED) is 0.674. The van der Waals surface area contributed by atoms with E-state index in [1.54, 1.807) is 23.1 Å². The van der Waals surface area contributed by atoms with E-state index in [9.17, 15) is 14.4 Å². The van der Waals surface area contributed by atoms with Gasteiger partial charge in [-0.25, -0.2) is 4.79 Å². The van der Waals surface area contributed by atoms with E-state index in [4.69, 9.17) is 23.2 Å². The molecule has 3 N–H and O–H groups in total. The number of rotatable bonds is 5. The van der Waals surface area contributed by atoms with Gasteiger partial charge in [0.1, 0.15) is 0 Å². The Morgan fingerprint density at radius 1 is 1.07 bits per heavy atom. The zero-order chi connectivity index (χ0) is 20.1. The monoisotopic (exact) mass is 426 g/mol. The number of imide groups is 1. The van der Waals surface area contributed by atoms with Crippen LogP contribution in [0.15, 0.2) is 18.2 Å². The minimum Gasteiger partial charge on any atom is -0.335 e. The largest absolute Gasteiger partial charge is 0.335 e. The number of nitrogens with zero attached hydrogens (tertiary/aromatic N) is 1. The van der Waals surface area contributed by atoms with Gasteiger partial charge in [-0.1, -0.05) is 36.0 Å². The summed E-state index contributed by atoms with van der Waals surface area (Å²) in [4.78, 5) is 38.6. The van der Waals surface area contributed by atoms with Crippen LogP contribution in [0.2, 0.25) is 10.0 Å². The lowest BCUT2D eigenvalue weighted by atomic mass is 10.2. The highest BCUT2D eigenvalue weighted by atomic mass is 35.5. The molecule has 1 aromatic carbocycles. The fraction of sp³-hybridized carbons (Fsp3) is 0.526. The molecule has 1 saturated heterocycles. The highest BCUT2D eigenvalue weighted by Crippen LogP contribution is 2.27. The lowest BCUT2D eigenvalue weighted by Crippen LogP contribution is -2.49. The second-order valence-electron chi connectivity index (χ2n) is 7.24. The molecule has 152 valence electrons. The second kappa shape index (κ2) is 9.58. The maximum atomic E-state index is 12.7. The Balaban J connectivity index is 1.51. The molecule has 7 nitrogen and oxygen atoms in total. The molecule has 1 heterocycles. The van der Waals surface area contributed by atoms with Crippen molar-refractivity contribution in [2.75, 3.05) is 18.4 Å². The highest BCUT2D eigenvalue weighted by Gasteiger charge is 2.32. The molecular formula is C19H24Cl2N4O3. The van der Waals surface area contributed by atoms with Crippen LogP contribution in [0.5, 0.6) is 0 Å². The van der Waals surface area contributed by atoms with Crippen molar-refractivity contribution in [3.05, 3.63) is 28.2 Å². The lowest BCUT2D eigenvalue weighted by molar-refractivity contribution is -0.124. The van der Waals surface area contributed by atoms with E-state index in [-0.39, 0.29) is 18.5 Å². The molecule has 2 aliphatic rings. The molecule has 9 heteroatoms. The van der Waals surface area contributed by atoms with Gasteiger partial charge in [0.15, 0.2) is 0 Å². The molecule has 1 aliphatic heterocycles. The van der Waals surface area contributed by atoms with Crippen LogP contribution < -0.4 is 16.0 Å². The van der Waals surface area contributed by atoms with Gasteiger partial charge in [-0.15, -0.1) is 0 Å². The first-order valence-electron chi connectivity index (χ1n) is 9.52. The van der Waals surface area contributed by atoms with Crippen molar-refractivity contribution < 1.29 is 14.4 Å². The number of carbonyl (C=O) groups is 3. The van der Waals surface area contributed by atoms with Gasteiger partial charge < -0.3 is 10.6 Å². The molecule has 1 aliphatic carbocycles. The van der Waals surface area contributed by atoms with Crippen molar-refractivity contribution in [2.45, 2.75) is 50.6 Å². The van der Waals surface area contributed by atoms with Gasteiger partial charge in [0.2, 0.25) is 11.8 Å². The van der Waals surface area contributed by atoms with Gasteiger partial charge >= 0.3 is 6.03 Å². The number of benzene rings is 1. The molecule has 0 bridgehead atoms. The summed E-state index contributed by atoms with van der Waals surface area (Å²) in [6.45, 7) is 0.596. The maximum Gasteiger partial charge on any atom is 0.321 e. The fourth-order valence-electron chi connectivity index (χ4n) is 3.76. The zero-order valence-electron chi connectivity index (χ0n) is 15.5. The lowest BCUT2D eigenvalue weighted by Gasteiger charge is -2.23. The van der Waals surface area contributed by atoms with E-state index in [0.29, 0.717) is 28.7 Å². The third-order valence-corrected chi connectivity index (χ3v) is 5.71. The van der Waals surface area contributed by atoms with Crippen molar-refractivity contribution in [2.24, 2.45) is 0 Å². The van der Waals surface area contributed by atoms with Crippen LogP contribution in [0.3, 0.4) is 0 Å². The first-order chi connectivity index (χ1) is 13.4. The third-order valence-electron chi connectivity index (χ3n) is 5.14. The second-order valence-corrected chi connectivity index (χ2v) is 8.09. The number of anilines is 1. The Kier molecular flexibility index (Phi) is 7.15. The number of hydrogen-bond donors (Lipinski definition) is 3. The van der Waals surface area contributed by atoms with Gasteiger partial charge in [-0.2, -0.15) is 0 Å². The SMILES string of the molecule is O=C(CN1CCCC1C(=O)Nc1cc(Cl)ccc1Cl)NC(=O)NC1CCCC1. The predicted octanol–water partition coefficient (Wildman–Crippen LogP) is 3.16. The molecule has 1 atom stereocenters. The molecule has 1 aromatic rings. The third kappa shape index (κ3) is 5.59. The Bertz CT molecular complexity index is 753. The van der Waals surface area contributed by atoms with E-state index >= 15 is 0 Å². The number of halogens is 2. The van der Waals surface area contributed by atoms with Crippen molar-refractivity contribution >= 4 is 46.7 Å². The molecule has 28 heavy (non-hydrogen) atoms. The fourth-order valence-corrected chi connectivity index (χ4v) is 4.10. The summed E-state index contributed by atoms with van der Waals surface area (Å²) in [6.07, 6.45) is 5.51. The summed E-state index contributed by atoms with van der Waals surface area (Å²) in [7, 11) is 0. The van der Waals surface area contributed by atoms with Gasteiger partial charge in [0.05, 0.1) is 23.3 Å². The van der Waals surface area contributed by atoms with Gasteiger partial charge in [-0.05, 0) is 50.4 Å². The molecule has 3 rings (SSSR count). The normalized spacial score (nSPS) is 20.1. The summed E-state index contributed by atoms with van der Waals surface area (Å²) < 4.78 is 0. The first kappa shape index (κ1) is 20.9. The Hall–Kier alpha value is -1.83. The molecule has 0 spiro atoms. The molecule has 1 saturated carbocycles. The maximum absolute atomic E-state index is 12.7. The smallest absolute Gasteiger partial charge is 0.321 e. The van der Waals surface area contributed by atoms with Crippen LogP contribution in [-0.2, 0) is 9.59 Å². The molecule has 2 fully saturated rings. The number of nitrogens with one attached hydrogen (secondary N) is 3. The van der Waals surface area contributed by atoms with Crippen LogP contribution in [0, 0.1) is 0 Å². The number of urea groups is 1. The Labute approximate surface area is 174 Å². The first-order valence-corrected chi connectivity index (χ1v) is 10.3. The summed E-state index contributed by atoms with van der Waals surface area (Å²) in [6, 6.07) is 4.05. The van der Waals surface area contributed by atoms with Crippen LogP contribution in [0.25, 0.3) is 0 Å². The summed E-state index contributed by atoms with van der Waals surface area (Å²) in [5.74, 6) is -0.666. The van der Waals surface area contributed by atoms with Crippen molar-refractivity contribution in [1.82, 2.24) is 15.5 Å². The van der Waals surface area contributed by atoms with Gasteiger partial charge in [-0.3, -0.25) is 19.8 Å². The Morgan fingerprint density at radius 3 is 2.57 bits per heavy atom. The summed E-state index contributed by atoms with van der Waals surface area (Å²) in [5.41, 5.74) is 0.436. The van der Waals surface area contributed by atoms with Crippen LogP contribution in [-0.4, -0.2) is 47.9 Å². The highest BCUT2D eigenvalue weighted by molar-refractivity contribution is 6.35. The molecule has 0 radical (unpaired) electrons. The van der Waals surface area contributed by atoms with E-state index in [1.807, 2.05) is 0 Å². The Morgan fingerprint density at radius 2 is 1.82 bits per heavy atom. The van der Waals surface area contributed by atoms with Crippen LogP contribution >= 0.6 is 23.2 Å². The average Bonchev–Trinajstić information content (AvgIpc) is 3.29. The zero-order valence-corrected chi connectivity index (χ0v) is 17.0. The topological polar surface area (TPSA) is 90.5 Å². The van der Waals surface area contributed by atoms with Crippen LogP contribution in [0.1, 0.15) is 38.5 Å². The molecule has 1 unspecified atom stereocenters. The number of likely N-dealkylation sites (tertiary alicyclic amines) is 1. The van der Waals surface area contributed by atoms with Crippen molar-refractivity contribution in [3.8, 4) is 0 Å². The van der Waals surface area contributed by atoms with E-state index < -0.39 is 18.0 Å². The van der Waals surface area contributed by atoms with E-state index in [0.717, 1.165) is 32.1 Å². The number of carbonyl (C=O) groups excluding carboxylic acids is 3. The van der Waals surface area contributed by atoms with Crippen molar-refractivity contribution in [1.29, 1.82) is 0 Å². The molecule has 4 amide bonds. The number of amides is 4.